The molecular formula is C25H36O3. The molecule has 0 amide bonds. The molecule has 1 fully saturated rings. The highest BCUT2D eigenvalue weighted by Gasteiger charge is 2.21. The van der Waals surface area contributed by atoms with E-state index in [-0.39, 0.29) is 12.1 Å². The van der Waals surface area contributed by atoms with E-state index < -0.39 is 0 Å². The van der Waals surface area contributed by atoms with Crippen LogP contribution in [0.3, 0.4) is 0 Å². The number of unbranched alkanes of at least 4 members (excludes halogenated alkanes) is 5. The predicted octanol–water partition coefficient (Wildman–Crippen LogP) is 6.05. The minimum Gasteiger partial charge on any atom is -0.462 e. The fourth-order valence-electron chi connectivity index (χ4n) is 3.29. The lowest BCUT2D eigenvalue weighted by molar-refractivity contribution is -0.150. The van der Waals surface area contributed by atoms with E-state index in [1.165, 1.54) is 32.1 Å². The van der Waals surface area contributed by atoms with E-state index in [2.05, 4.69) is 18.8 Å². The average molecular weight is 385 g/mol. The van der Waals surface area contributed by atoms with Crippen molar-refractivity contribution in [3.05, 3.63) is 35.9 Å². The van der Waals surface area contributed by atoms with Crippen molar-refractivity contribution in [3.63, 3.8) is 0 Å². The third-order valence-corrected chi connectivity index (χ3v) is 5.07. The van der Waals surface area contributed by atoms with Crippen LogP contribution >= 0.6 is 0 Å². The first kappa shape index (κ1) is 22.5. The SMILES string of the molecule is CCCCC[C@H](CCCCC[C@@H]1CO1)OC(=O)CCCC#Cc1ccccc1. The smallest absolute Gasteiger partial charge is 0.306 e. The zero-order chi connectivity index (χ0) is 19.9. The Balaban J connectivity index is 1.60. The standard InChI is InChI=1S/C25H36O3/c1-2-3-7-17-23(18-11-6-12-19-24-21-27-24)28-25(26)20-13-5-10-16-22-14-8-4-9-15-22/h4,8-9,14-15,23-24H,2-3,5-7,11-13,17-21H2,1H3/t23-,24-/m1/s1. The number of carbonyl (C=O) groups excluding carboxylic acids is 1. The fraction of sp³-hybridized carbons (Fsp3) is 0.640. The molecule has 28 heavy (non-hydrogen) atoms. The summed E-state index contributed by atoms with van der Waals surface area (Å²) in [6.07, 6.45) is 12.9. The Kier molecular flexibility index (Phi) is 11.4. The van der Waals surface area contributed by atoms with Crippen molar-refractivity contribution in [3.8, 4) is 11.8 Å². The van der Waals surface area contributed by atoms with Gasteiger partial charge in [-0.1, -0.05) is 62.6 Å². The highest BCUT2D eigenvalue weighted by atomic mass is 16.6. The van der Waals surface area contributed by atoms with Gasteiger partial charge in [-0.2, -0.15) is 0 Å². The van der Waals surface area contributed by atoms with Gasteiger partial charge in [0.25, 0.3) is 0 Å². The Labute approximate surface area is 171 Å². The molecule has 2 atom stereocenters. The van der Waals surface area contributed by atoms with E-state index >= 15 is 0 Å². The summed E-state index contributed by atoms with van der Waals surface area (Å²) < 4.78 is 11.0. The summed E-state index contributed by atoms with van der Waals surface area (Å²) in [6, 6.07) is 9.96. The molecule has 2 rings (SSSR count). The van der Waals surface area contributed by atoms with Crippen LogP contribution in [-0.2, 0) is 14.3 Å². The average Bonchev–Trinajstić information content (AvgIpc) is 3.52. The van der Waals surface area contributed by atoms with Crippen LogP contribution in [-0.4, -0.2) is 24.8 Å². The van der Waals surface area contributed by atoms with Crippen LogP contribution in [0.1, 0.15) is 89.5 Å². The maximum absolute atomic E-state index is 12.2. The van der Waals surface area contributed by atoms with Gasteiger partial charge in [-0.05, 0) is 50.7 Å². The maximum atomic E-state index is 12.2. The quantitative estimate of drug-likeness (QED) is 0.170. The lowest BCUT2D eigenvalue weighted by Gasteiger charge is -2.18. The van der Waals surface area contributed by atoms with Gasteiger partial charge in [0, 0.05) is 18.4 Å². The first-order valence-electron chi connectivity index (χ1n) is 11.1. The lowest BCUT2D eigenvalue weighted by atomic mass is 10.0. The van der Waals surface area contributed by atoms with E-state index in [0.717, 1.165) is 50.7 Å². The largest absolute Gasteiger partial charge is 0.462 e. The molecule has 0 unspecified atom stereocenters. The number of esters is 1. The summed E-state index contributed by atoms with van der Waals surface area (Å²) in [5.41, 5.74) is 1.02. The summed E-state index contributed by atoms with van der Waals surface area (Å²) in [5, 5.41) is 0. The maximum Gasteiger partial charge on any atom is 0.306 e. The molecule has 0 spiro atoms. The van der Waals surface area contributed by atoms with Crippen LogP contribution in [0.2, 0.25) is 0 Å². The van der Waals surface area contributed by atoms with E-state index in [1.54, 1.807) is 0 Å². The van der Waals surface area contributed by atoms with Crippen LogP contribution in [0.5, 0.6) is 0 Å². The van der Waals surface area contributed by atoms with Gasteiger partial charge in [0.1, 0.15) is 6.10 Å². The van der Waals surface area contributed by atoms with Gasteiger partial charge < -0.3 is 9.47 Å². The minimum atomic E-state index is -0.0608. The van der Waals surface area contributed by atoms with E-state index in [0.29, 0.717) is 12.5 Å². The number of hydrogen-bond acceptors (Lipinski definition) is 3. The van der Waals surface area contributed by atoms with Crippen molar-refractivity contribution >= 4 is 5.97 Å². The lowest BCUT2D eigenvalue weighted by Crippen LogP contribution is -2.18. The van der Waals surface area contributed by atoms with Gasteiger partial charge in [0.2, 0.25) is 0 Å². The van der Waals surface area contributed by atoms with Crippen molar-refractivity contribution in [2.24, 2.45) is 0 Å². The molecule has 1 aromatic rings. The van der Waals surface area contributed by atoms with Crippen molar-refractivity contribution < 1.29 is 14.3 Å². The summed E-state index contributed by atoms with van der Waals surface area (Å²) in [7, 11) is 0. The van der Waals surface area contributed by atoms with Crippen LogP contribution in [0, 0.1) is 11.8 Å². The topological polar surface area (TPSA) is 38.8 Å². The van der Waals surface area contributed by atoms with Crippen molar-refractivity contribution in [1.82, 2.24) is 0 Å². The number of carbonyl (C=O) groups is 1. The van der Waals surface area contributed by atoms with Crippen molar-refractivity contribution in [2.45, 2.75) is 96.2 Å². The molecular weight excluding hydrogens is 348 g/mol. The highest BCUT2D eigenvalue weighted by Crippen LogP contribution is 2.20. The Morgan fingerprint density at radius 3 is 2.57 bits per heavy atom. The van der Waals surface area contributed by atoms with Crippen LogP contribution in [0.4, 0.5) is 0 Å². The minimum absolute atomic E-state index is 0.0608. The number of ether oxygens (including phenoxy) is 2. The fourth-order valence-corrected chi connectivity index (χ4v) is 3.29. The first-order chi connectivity index (χ1) is 13.8. The Bertz CT molecular complexity index is 595. The molecule has 0 saturated carbocycles. The van der Waals surface area contributed by atoms with Crippen LogP contribution in [0.25, 0.3) is 0 Å². The van der Waals surface area contributed by atoms with E-state index in [1.807, 2.05) is 30.3 Å². The molecule has 3 nitrogen and oxygen atoms in total. The van der Waals surface area contributed by atoms with E-state index in [4.69, 9.17) is 9.47 Å². The number of hydrogen-bond donors (Lipinski definition) is 0. The second-order valence-electron chi connectivity index (χ2n) is 7.72. The van der Waals surface area contributed by atoms with E-state index in [9.17, 15) is 4.79 Å². The molecule has 1 aliphatic heterocycles. The molecule has 0 N–H and O–H groups in total. The molecule has 0 aromatic heterocycles. The first-order valence-corrected chi connectivity index (χ1v) is 11.1. The normalized spacial score (nSPS) is 16.1. The van der Waals surface area contributed by atoms with Gasteiger partial charge >= 0.3 is 5.97 Å². The van der Waals surface area contributed by atoms with Gasteiger partial charge in [0.15, 0.2) is 0 Å². The molecule has 1 aliphatic rings. The van der Waals surface area contributed by atoms with Crippen LogP contribution < -0.4 is 0 Å². The van der Waals surface area contributed by atoms with Gasteiger partial charge in [-0.15, -0.1) is 0 Å². The third kappa shape index (κ3) is 11.1. The zero-order valence-electron chi connectivity index (χ0n) is 17.5. The van der Waals surface area contributed by atoms with Gasteiger partial charge in [-0.3, -0.25) is 4.79 Å². The number of rotatable bonds is 14. The molecule has 0 radical (unpaired) electrons. The summed E-state index contributed by atoms with van der Waals surface area (Å²) in [5.74, 6) is 6.22. The van der Waals surface area contributed by atoms with Crippen molar-refractivity contribution in [1.29, 1.82) is 0 Å². The molecule has 1 saturated heterocycles. The zero-order valence-corrected chi connectivity index (χ0v) is 17.5. The highest BCUT2D eigenvalue weighted by molar-refractivity contribution is 5.69. The molecule has 0 bridgehead atoms. The predicted molar refractivity (Wildman–Crippen MR) is 114 cm³/mol. The second-order valence-corrected chi connectivity index (χ2v) is 7.72. The molecule has 3 heteroatoms. The van der Waals surface area contributed by atoms with Gasteiger partial charge in [0.05, 0.1) is 12.7 Å². The van der Waals surface area contributed by atoms with Gasteiger partial charge in [-0.25, -0.2) is 0 Å². The second kappa shape index (κ2) is 14.2. The molecule has 0 aliphatic carbocycles. The Morgan fingerprint density at radius 2 is 1.86 bits per heavy atom. The number of benzene rings is 1. The third-order valence-electron chi connectivity index (χ3n) is 5.07. The van der Waals surface area contributed by atoms with Crippen molar-refractivity contribution in [2.75, 3.05) is 6.61 Å². The molecule has 154 valence electrons. The summed E-state index contributed by atoms with van der Waals surface area (Å²) >= 11 is 0. The summed E-state index contributed by atoms with van der Waals surface area (Å²) in [4.78, 5) is 12.2. The molecule has 1 heterocycles. The monoisotopic (exact) mass is 384 g/mol. The number of epoxide rings is 1. The van der Waals surface area contributed by atoms with Crippen LogP contribution in [0.15, 0.2) is 30.3 Å². The Hall–Kier alpha value is -1.79. The molecule has 1 aromatic carbocycles. The Morgan fingerprint density at radius 1 is 1.11 bits per heavy atom. The summed E-state index contributed by atoms with van der Waals surface area (Å²) in [6.45, 7) is 3.16.